The van der Waals surface area contributed by atoms with Crippen molar-refractivity contribution in [3.63, 3.8) is 0 Å². The molecule has 0 saturated heterocycles. The van der Waals surface area contributed by atoms with Gasteiger partial charge < -0.3 is 19.6 Å². The van der Waals surface area contributed by atoms with Crippen molar-refractivity contribution in [1.29, 1.82) is 0 Å². The number of aromatic nitrogens is 1. The molecule has 31 heavy (non-hydrogen) atoms. The van der Waals surface area contributed by atoms with E-state index in [1.54, 1.807) is 18.3 Å². The van der Waals surface area contributed by atoms with E-state index in [2.05, 4.69) is 4.98 Å². The fourth-order valence-corrected chi connectivity index (χ4v) is 3.68. The van der Waals surface area contributed by atoms with Crippen LogP contribution in [0.15, 0.2) is 24.4 Å². The fourth-order valence-electron chi connectivity index (χ4n) is 2.80. The maximum atomic E-state index is 12.4. The van der Waals surface area contributed by atoms with Crippen LogP contribution in [0.3, 0.4) is 0 Å². The maximum Gasteiger partial charge on any atom is 0.268 e. The van der Waals surface area contributed by atoms with Crippen LogP contribution < -0.4 is 0 Å². The summed E-state index contributed by atoms with van der Waals surface area (Å²) in [5.74, 6) is -0.905. The molecule has 0 aliphatic rings. The van der Waals surface area contributed by atoms with Crippen LogP contribution in [0.1, 0.15) is 40.2 Å². The molecule has 0 aliphatic carbocycles. The number of aromatic amines is 1. The van der Waals surface area contributed by atoms with Crippen LogP contribution in [-0.4, -0.2) is 76.2 Å². The standard InChI is InChI=1S/C18H26N3O5P.2C2H6/c1-12(20(2)16(23)11-27(3,4)26)18(24)21(25)9-8-13-10-19-14-6-5-7-15(22)17(13)14;2*1-2/h5-7,10,12,19,22,25H,8-9,11H2,1-4H3;2*1-2H3. The second-order valence-electron chi connectivity index (χ2n) is 7.14. The van der Waals surface area contributed by atoms with E-state index in [0.29, 0.717) is 16.9 Å². The van der Waals surface area contributed by atoms with E-state index in [-0.39, 0.29) is 18.5 Å². The Morgan fingerprint density at radius 2 is 1.74 bits per heavy atom. The largest absolute Gasteiger partial charge is 0.507 e. The fraction of sp³-hybridized carbons (Fsp3) is 0.545. The van der Waals surface area contributed by atoms with Crippen LogP contribution in [0.2, 0.25) is 0 Å². The number of fused-ring (bicyclic) bond motifs is 1. The molecule has 1 atom stereocenters. The van der Waals surface area contributed by atoms with Crippen LogP contribution in [0.4, 0.5) is 0 Å². The molecule has 1 aromatic carbocycles. The summed E-state index contributed by atoms with van der Waals surface area (Å²) in [4.78, 5) is 28.8. The van der Waals surface area contributed by atoms with Crippen molar-refractivity contribution >= 4 is 29.9 Å². The number of phenols is 1. The van der Waals surface area contributed by atoms with E-state index in [1.807, 2.05) is 33.8 Å². The highest BCUT2D eigenvalue weighted by Gasteiger charge is 2.28. The van der Waals surface area contributed by atoms with Gasteiger partial charge in [-0.3, -0.25) is 14.8 Å². The summed E-state index contributed by atoms with van der Waals surface area (Å²) >= 11 is 0. The van der Waals surface area contributed by atoms with Gasteiger partial charge in [-0.25, -0.2) is 5.06 Å². The Balaban J connectivity index is 0.00000212. The molecule has 0 aliphatic heterocycles. The number of carbonyl (C=O) groups excluding carboxylic acids is 2. The number of likely N-dealkylation sites (N-methyl/N-ethyl adjacent to an activating group) is 1. The minimum absolute atomic E-state index is 0.00649. The molecule has 0 radical (unpaired) electrons. The Morgan fingerprint density at radius 1 is 1.16 bits per heavy atom. The number of hydrogen-bond donors (Lipinski definition) is 3. The number of hydrogen-bond acceptors (Lipinski definition) is 5. The van der Waals surface area contributed by atoms with Crippen LogP contribution in [0.5, 0.6) is 5.75 Å². The lowest BCUT2D eigenvalue weighted by atomic mass is 10.1. The Kier molecular flexibility index (Phi) is 12.2. The molecule has 2 amide bonds. The molecule has 1 aromatic heterocycles. The highest BCUT2D eigenvalue weighted by Crippen LogP contribution is 2.35. The minimum Gasteiger partial charge on any atom is -0.507 e. The van der Waals surface area contributed by atoms with E-state index < -0.39 is 25.0 Å². The Morgan fingerprint density at radius 3 is 2.29 bits per heavy atom. The summed E-state index contributed by atoms with van der Waals surface area (Å²) in [6.45, 7) is 12.5. The zero-order chi connectivity index (χ0) is 24.4. The first-order valence-electron chi connectivity index (χ1n) is 10.6. The molecule has 2 aromatic rings. The second kappa shape index (κ2) is 13.2. The molecule has 2 rings (SSSR count). The predicted octanol–water partition coefficient (Wildman–Crippen LogP) is 4.16. The van der Waals surface area contributed by atoms with E-state index >= 15 is 0 Å². The van der Waals surface area contributed by atoms with Crippen molar-refractivity contribution in [3.05, 3.63) is 30.0 Å². The van der Waals surface area contributed by atoms with Gasteiger partial charge in [0.25, 0.3) is 5.91 Å². The Hall–Kier alpha value is -2.31. The minimum atomic E-state index is -2.55. The molecular formula is C22H38N3O5P. The molecule has 0 bridgehead atoms. The number of hydroxylamine groups is 2. The van der Waals surface area contributed by atoms with Crippen LogP contribution >= 0.6 is 7.14 Å². The molecule has 1 unspecified atom stereocenters. The SMILES string of the molecule is CC.CC.CC(C(=O)N(O)CCc1c[nH]c2cccc(O)c12)N(C)C(=O)CP(C)(C)=O. The summed E-state index contributed by atoms with van der Waals surface area (Å²) in [5.41, 5.74) is 1.54. The third-order valence-electron chi connectivity index (χ3n) is 4.46. The first kappa shape index (κ1) is 28.7. The van der Waals surface area contributed by atoms with E-state index in [1.165, 1.54) is 32.2 Å². The van der Waals surface area contributed by atoms with Gasteiger partial charge in [-0.05, 0) is 44.4 Å². The average Bonchev–Trinajstić information content (AvgIpc) is 3.16. The van der Waals surface area contributed by atoms with Crippen molar-refractivity contribution in [1.82, 2.24) is 14.9 Å². The normalized spacial score (nSPS) is 11.5. The van der Waals surface area contributed by atoms with Crippen molar-refractivity contribution in [2.75, 3.05) is 33.1 Å². The first-order valence-corrected chi connectivity index (χ1v) is 13.4. The number of carbonyl (C=O) groups is 2. The number of benzene rings is 1. The van der Waals surface area contributed by atoms with Crippen molar-refractivity contribution in [2.45, 2.75) is 47.1 Å². The number of amides is 2. The molecule has 0 saturated carbocycles. The average molecular weight is 456 g/mol. The lowest BCUT2D eigenvalue weighted by molar-refractivity contribution is -0.171. The zero-order valence-electron chi connectivity index (χ0n) is 20.0. The van der Waals surface area contributed by atoms with Crippen molar-refractivity contribution in [2.24, 2.45) is 0 Å². The summed E-state index contributed by atoms with van der Waals surface area (Å²) in [5, 5.41) is 21.3. The summed E-state index contributed by atoms with van der Waals surface area (Å²) in [7, 11) is -1.10. The van der Waals surface area contributed by atoms with Gasteiger partial charge in [0, 0.05) is 24.1 Å². The summed E-state index contributed by atoms with van der Waals surface area (Å²) in [6, 6.07) is 4.23. The monoisotopic (exact) mass is 455 g/mol. The maximum absolute atomic E-state index is 12.4. The van der Waals surface area contributed by atoms with Gasteiger partial charge in [0.1, 0.15) is 11.8 Å². The van der Waals surface area contributed by atoms with E-state index in [9.17, 15) is 24.5 Å². The first-order chi connectivity index (χ1) is 14.5. The summed E-state index contributed by atoms with van der Waals surface area (Å²) in [6.07, 6.45) is 1.92. The van der Waals surface area contributed by atoms with Crippen molar-refractivity contribution in [3.8, 4) is 5.75 Å². The number of rotatable bonds is 7. The highest BCUT2D eigenvalue weighted by molar-refractivity contribution is 7.63. The Bertz CT molecular complexity index is 890. The third kappa shape index (κ3) is 8.38. The molecule has 8 nitrogen and oxygen atoms in total. The molecular weight excluding hydrogens is 417 g/mol. The van der Waals surface area contributed by atoms with Gasteiger partial charge in [0.15, 0.2) is 0 Å². The van der Waals surface area contributed by atoms with E-state index in [0.717, 1.165) is 11.1 Å². The number of nitrogens with zero attached hydrogens (tertiary/aromatic N) is 2. The number of aromatic hydroxyl groups is 1. The van der Waals surface area contributed by atoms with Gasteiger partial charge in [-0.1, -0.05) is 33.8 Å². The zero-order valence-corrected chi connectivity index (χ0v) is 20.9. The number of phenolic OH excluding ortho intramolecular Hbond substituents is 1. The van der Waals surface area contributed by atoms with Crippen molar-refractivity contribution < 1.29 is 24.5 Å². The molecule has 0 fully saturated rings. The molecule has 176 valence electrons. The van der Waals surface area contributed by atoms with Gasteiger partial charge in [0.05, 0.1) is 19.8 Å². The van der Waals surface area contributed by atoms with Gasteiger partial charge in [0.2, 0.25) is 5.91 Å². The third-order valence-corrected chi connectivity index (χ3v) is 5.49. The van der Waals surface area contributed by atoms with Gasteiger partial charge in [-0.15, -0.1) is 0 Å². The van der Waals surface area contributed by atoms with Crippen LogP contribution in [0, 0.1) is 0 Å². The molecule has 1 heterocycles. The topological polar surface area (TPSA) is 114 Å². The van der Waals surface area contributed by atoms with Crippen LogP contribution in [-0.2, 0) is 20.6 Å². The lowest BCUT2D eigenvalue weighted by Crippen LogP contribution is -2.48. The lowest BCUT2D eigenvalue weighted by Gasteiger charge is -2.27. The van der Waals surface area contributed by atoms with Gasteiger partial charge in [-0.2, -0.15) is 0 Å². The van der Waals surface area contributed by atoms with Crippen LogP contribution in [0.25, 0.3) is 10.9 Å². The molecule has 3 N–H and O–H groups in total. The molecule has 0 spiro atoms. The highest BCUT2D eigenvalue weighted by atomic mass is 31.2. The smallest absolute Gasteiger partial charge is 0.268 e. The second-order valence-corrected chi connectivity index (χ2v) is 10.6. The summed E-state index contributed by atoms with van der Waals surface area (Å²) < 4.78 is 11.8. The number of H-pyrrole nitrogens is 1. The molecule has 9 heteroatoms. The predicted molar refractivity (Wildman–Crippen MR) is 126 cm³/mol. The van der Waals surface area contributed by atoms with E-state index in [4.69, 9.17) is 0 Å². The quantitative estimate of drug-likeness (QED) is 0.330. The van der Waals surface area contributed by atoms with Gasteiger partial charge >= 0.3 is 0 Å². The number of nitrogens with one attached hydrogen (secondary N) is 1. The Labute approximate surface area is 185 Å².